The Morgan fingerprint density at radius 2 is 1.05 bits per heavy atom. The van der Waals surface area contributed by atoms with Crippen LogP contribution in [0.4, 0.5) is 0 Å². The van der Waals surface area contributed by atoms with Gasteiger partial charge in [-0.2, -0.15) is 0 Å². The highest BCUT2D eigenvalue weighted by Gasteiger charge is 2.44. The lowest BCUT2D eigenvalue weighted by molar-refractivity contribution is 0.590. The van der Waals surface area contributed by atoms with Crippen molar-refractivity contribution in [1.82, 2.24) is 0 Å². The van der Waals surface area contributed by atoms with Crippen molar-refractivity contribution in [2.75, 3.05) is 0 Å². The first kappa shape index (κ1) is 13.6. The van der Waals surface area contributed by atoms with E-state index in [1.807, 2.05) is 42.5 Å². The fourth-order valence-corrected chi connectivity index (χ4v) is 7.45. The molecule has 3 aromatic carbocycles. The molecule has 0 bridgehead atoms. The highest BCUT2D eigenvalue weighted by atomic mass is 32.2. The molecule has 0 aliphatic carbocycles. The summed E-state index contributed by atoms with van der Waals surface area (Å²) < 4.78 is 25.8. The summed E-state index contributed by atoms with van der Waals surface area (Å²) in [6.45, 7) is 0. The van der Waals surface area contributed by atoms with Crippen LogP contribution < -0.4 is 0 Å². The summed E-state index contributed by atoms with van der Waals surface area (Å²) in [5.74, 6) is 0. The SMILES string of the molecule is O=S1(=O)c2ccccc2[S+](c2ccccc2)c2ccccc21. The van der Waals surface area contributed by atoms with Gasteiger partial charge in [-0.1, -0.05) is 42.5 Å². The first-order valence-corrected chi connectivity index (χ1v) is 9.63. The van der Waals surface area contributed by atoms with Crippen LogP contribution in [0.2, 0.25) is 0 Å². The van der Waals surface area contributed by atoms with E-state index in [0.29, 0.717) is 9.79 Å². The average Bonchev–Trinajstić information content (AvgIpc) is 2.56. The third kappa shape index (κ3) is 1.91. The van der Waals surface area contributed by atoms with Crippen LogP contribution in [0.15, 0.2) is 103 Å². The van der Waals surface area contributed by atoms with Gasteiger partial charge in [0.15, 0.2) is 14.7 Å². The zero-order valence-electron chi connectivity index (χ0n) is 11.6. The Labute approximate surface area is 132 Å². The molecule has 0 unspecified atom stereocenters. The first-order chi connectivity index (χ1) is 10.7. The largest absolute Gasteiger partial charge is 0.218 e. The molecule has 0 amide bonds. The normalized spacial score (nSPS) is 15.8. The zero-order chi connectivity index (χ0) is 15.2. The minimum atomic E-state index is -3.44. The quantitative estimate of drug-likeness (QED) is 0.497. The Balaban J connectivity index is 2.10. The molecule has 4 rings (SSSR count). The van der Waals surface area contributed by atoms with E-state index in [-0.39, 0.29) is 10.9 Å². The number of benzene rings is 3. The van der Waals surface area contributed by atoms with Crippen molar-refractivity contribution in [3.05, 3.63) is 78.9 Å². The minimum Gasteiger partial charge on any atom is -0.218 e. The van der Waals surface area contributed by atoms with E-state index in [1.54, 1.807) is 24.3 Å². The van der Waals surface area contributed by atoms with Crippen LogP contribution in [-0.2, 0) is 20.7 Å². The predicted molar refractivity (Wildman–Crippen MR) is 86.9 cm³/mol. The highest BCUT2D eigenvalue weighted by Crippen LogP contribution is 2.44. The molecule has 22 heavy (non-hydrogen) atoms. The second-order valence-corrected chi connectivity index (χ2v) is 8.87. The maximum absolute atomic E-state index is 12.9. The van der Waals surface area contributed by atoms with Crippen molar-refractivity contribution >= 4 is 20.7 Å². The summed E-state index contributed by atoms with van der Waals surface area (Å²) in [6, 6.07) is 24.8. The third-order valence-electron chi connectivity index (χ3n) is 3.70. The van der Waals surface area contributed by atoms with Gasteiger partial charge in [0, 0.05) is 0 Å². The molecule has 2 nitrogen and oxygen atoms in total. The zero-order valence-corrected chi connectivity index (χ0v) is 13.3. The Bertz CT molecular complexity index is 894. The smallest absolute Gasteiger partial charge is 0.216 e. The molecule has 4 heteroatoms. The molecule has 0 radical (unpaired) electrons. The molecule has 0 N–H and O–H groups in total. The minimum absolute atomic E-state index is 0.384. The van der Waals surface area contributed by atoms with E-state index in [9.17, 15) is 8.42 Å². The van der Waals surface area contributed by atoms with Crippen LogP contribution in [0.1, 0.15) is 0 Å². The second-order valence-electron chi connectivity index (χ2n) is 5.02. The van der Waals surface area contributed by atoms with E-state index in [4.69, 9.17) is 0 Å². The molecular formula is C18H13O2S2+. The van der Waals surface area contributed by atoms with Crippen molar-refractivity contribution in [2.24, 2.45) is 0 Å². The standard InChI is InChI=1S/C18H13O2S2/c19-22(20)17-12-6-4-10-15(17)21(14-8-2-1-3-9-14)16-11-5-7-13-18(16)22/h1-13H/q+1. The van der Waals surface area contributed by atoms with Crippen molar-refractivity contribution in [3.63, 3.8) is 0 Å². The van der Waals surface area contributed by atoms with E-state index in [2.05, 4.69) is 12.1 Å². The van der Waals surface area contributed by atoms with E-state index in [0.717, 1.165) is 14.7 Å². The first-order valence-electron chi connectivity index (χ1n) is 6.92. The Morgan fingerprint density at radius 3 is 1.59 bits per heavy atom. The molecule has 1 heterocycles. The van der Waals surface area contributed by atoms with Gasteiger partial charge < -0.3 is 0 Å². The van der Waals surface area contributed by atoms with Gasteiger partial charge in [-0.25, -0.2) is 8.42 Å². The summed E-state index contributed by atoms with van der Waals surface area (Å²) in [7, 11) is -3.82. The van der Waals surface area contributed by atoms with Gasteiger partial charge in [-0.15, -0.1) is 0 Å². The van der Waals surface area contributed by atoms with Crippen molar-refractivity contribution < 1.29 is 8.42 Å². The van der Waals surface area contributed by atoms with E-state index >= 15 is 0 Å². The van der Waals surface area contributed by atoms with Crippen LogP contribution in [0, 0.1) is 0 Å². The molecule has 0 atom stereocenters. The molecule has 0 fully saturated rings. The number of hydrogen-bond donors (Lipinski definition) is 0. The van der Waals surface area contributed by atoms with Gasteiger partial charge in [0.25, 0.3) is 0 Å². The van der Waals surface area contributed by atoms with Crippen LogP contribution in [-0.4, -0.2) is 8.42 Å². The maximum Gasteiger partial charge on any atom is 0.216 e. The topological polar surface area (TPSA) is 34.1 Å². The molecule has 0 spiro atoms. The lowest BCUT2D eigenvalue weighted by Crippen LogP contribution is -2.20. The van der Waals surface area contributed by atoms with Gasteiger partial charge in [0.2, 0.25) is 9.84 Å². The molecule has 0 saturated heterocycles. The maximum atomic E-state index is 12.9. The molecule has 1 aliphatic heterocycles. The molecule has 0 saturated carbocycles. The fourth-order valence-electron chi connectivity index (χ4n) is 2.73. The summed E-state index contributed by atoms with van der Waals surface area (Å²) in [5, 5.41) is 0. The van der Waals surface area contributed by atoms with Gasteiger partial charge in [-0.05, 0) is 36.4 Å². The Hall–Kier alpha value is -2.04. The monoisotopic (exact) mass is 325 g/mol. The van der Waals surface area contributed by atoms with Crippen molar-refractivity contribution in [1.29, 1.82) is 0 Å². The summed E-state index contributed by atoms with van der Waals surface area (Å²) in [6.07, 6.45) is 0. The summed E-state index contributed by atoms with van der Waals surface area (Å²) in [5.41, 5.74) is 0. The third-order valence-corrected chi connectivity index (χ3v) is 8.16. The molecule has 1 aliphatic rings. The van der Waals surface area contributed by atoms with Crippen LogP contribution >= 0.6 is 0 Å². The number of hydrogen-bond acceptors (Lipinski definition) is 2. The molecular weight excluding hydrogens is 312 g/mol. The van der Waals surface area contributed by atoms with E-state index in [1.165, 1.54) is 0 Å². The van der Waals surface area contributed by atoms with Gasteiger partial charge >= 0.3 is 0 Å². The fraction of sp³-hybridized carbons (Fsp3) is 0. The number of sulfone groups is 1. The Kier molecular flexibility index (Phi) is 3.10. The van der Waals surface area contributed by atoms with Crippen LogP contribution in [0.25, 0.3) is 0 Å². The molecule has 108 valence electrons. The lowest BCUT2D eigenvalue weighted by atomic mass is 10.3. The summed E-state index contributed by atoms with van der Waals surface area (Å²) in [4.78, 5) is 3.76. The van der Waals surface area contributed by atoms with Crippen molar-refractivity contribution in [2.45, 2.75) is 24.5 Å². The lowest BCUT2D eigenvalue weighted by Gasteiger charge is -2.19. The number of rotatable bonds is 1. The summed E-state index contributed by atoms with van der Waals surface area (Å²) >= 11 is 0. The van der Waals surface area contributed by atoms with Gasteiger partial charge in [0.05, 0.1) is 0 Å². The van der Waals surface area contributed by atoms with Crippen LogP contribution in [0.3, 0.4) is 0 Å². The van der Waals surface area contributed by atoms with Crippen molar-refractivity contribution in [3.8, 4) is 0 Å². The van der Waals surface area contributed by atoms with E-state index < -0.39 is 9.84 Å². The Morgan fingerprint density at radius 1 is 0.591 bits per heavy atom. The number of fused-ring (bicyclic) bond motifs is 2. The second kappa shape index (κ2) is 5.00. The molecule has 3 aromatic rings. The average molecular weight is 325 g/mol. The van der Waals surface area contributed by atoms with Gasteiger partial charge in [0.1, 0.15) is 20.7 Å². The predicted octanol–water partition coefficient (Wildman–Crippen LogP) is 3.93. The highest BCUT2D eigenvalue weighted by molar-refractivity contribution is 8.00. The molecule has 0 aromatic heterocycles. The van der Waals surface area contributed by atoms with Gasteiger partial charge in [-0.3, -0.25) is 0 Å². The van der Waals surface area contributed by atoms with Crippen LogP contribution in [0.5, 0.6) is 0 Å².